The molecule has 1 N–H and O–H groups in total. The largest absolute Gasteiger partial charge is 0.493 e. The van der Waals surface area contributed by atoms with Gasteiger partial charge in [0.2, 0.25) is 0 Å². The molecule has 5 aromatic rings. The second-order valence-electron chi connectivity index (χ2n) is 10.2. The molecule has 0 unspecified atom stereocenters. The van der Waals surface area contributed by atoms with Crippen LogP contribution in [0.2, 0.25) is 0 Å². The van der Waals surface area contributed by atoms with Crippen molar-refractivity contribution in [1.29, 1.82) is 0 Å². The van der Waals surface area contributed by atoms with Gasteiger partial charge in [-0.1, -0.05) is 38.0 Å². The molecular weight excluding hydrogens is 503 g/mol. The van der Waals surface area contributed by atoms with Crippen LogP contribution in [0, 0.1) is 18.3 Å². The fourth-order valence-corrected chi connectivity index (χ4v) is 5.53. The monoisotopic (exact) mass is 528 g/mol. The maximum Gasteiger partial charge on any atom is 0.332 e. The molecule has 0 aliphatic heterocycles. The Kier molecular flexibility index (Phi) is 5.58. The predicted molar refractivity (Wildman–Crippen MR) is 148 cm³/mol. The fraction of sp³-hybridized carbons (Fsp3) is 0.233. The smallest absolute Gasteiger partial charge is 0.332 e. The van der Waals surface area contributed by atoms with Crippen LogP contribution in [0.4, 0.5) is 3.89 Å². The van der Waals surface area contributed by atoms with E-state index in [1.165, 1.54) is 18.2 Å². The molecule has 2 heterocycles. The van der Waals surface area contributed by atoms with E-state index in [1.54, 1.807) is 12.1 Å². The van der Waals surface area contributed by atoms with Gasteiger partial charge in [-0.05, 0) is 60.7 Å². The zero-order valence-electron chi connectivity index (χ0n) is 20.9. The summed E-state index contributed by atoms with van der Waals surface area (Å²) in [5.74, 6) is 3.29. The maximum absolute atomic E-state index is 14.0. The van der Waals surface area contributed by atoms with Crippen LogP contribution in [0.3, 0.4) is 0 Å². The third-order valence-corrected chi connectivity index (χ3v) is 7.74. The molecule has 1 aliphatic rings. The Labute approximate surface area is 219 Å². The molecule has 0 spiro atoms. The van der Waals surface area contributed by atoms with Crippen molar-refractivity contribution in [1.82, 2.24) is 9.55 Å². The molecule has 6 nitrogen and oxygen atoms in total. The lowest BCUT2D eigenvalue weighted by Gasteiger charge is -2.18. The highest BCUT2D eigenvalue weighted by molar-refractivity contribution is 7.86. The van der Waals surface area contributed by atoms with Crippen LogP contribution in [0.5, 0.6) is 5.75 Å². The van der Waals surface area contributed by atoms with Crippen molar-refractivity contribution >= 4 is 43.1 Å². The number of H-pyrrole nitrogens is 1. The van der Waals surface area contributed by atoms with Crippen LogP contribution in [0.15, 0.2) is 64.3 Å². The van der Waals surface area contributed by atoms with Crippen molar-refractivity contribution in [3.8, 4) is 29.2 Å². The van der Waals surface area contributed by atoms with Gasteiger partial charge in [-0.15, -0.1) is 10.3 Å². The second-order valence-corrected chi connectivity index (χ2v) is 11.6. The lowest BCUT2D eigenvalue weighted by atomic mass is 10.0. The number of aromatic nitrogens is 2. The van der Waals surface area contributed by atoms with E-state index in [0.29, 0.717) is 45.3 Å². The third-order valence-electron chi connectivity index (χ3n) is 6.93. The number of rotatable bonds is 6. The van der Waals surface area contributed by atoms with Crippen molar-refractivity contribution in [2.24, 2.45) is 5.92 Å². The average Bonchev–Trinajstić information content (AvgIpc) is 3.65. The van der Waals surface area contributed by atoms with Gasteiger partial charge < -0.3 is 14.3 Å². The van der Waals surface area contributed by atoms with E-state index in [-0.39, 0.29) is 17.4 Å². The van der Waals surface area contributed by atoms with Crippen molar-refractivity contribution in [3.05, 3.63) is 70.4 Å². The van der Waals surface area contributed by atoms with E-state index in [2.05, 4.69) is 15.5 Å². The van der Waals surface area contributed by atoms with Gasteiger partial charge in [0.15, 0.2) is 5.43 Å². The van der Waals surface area contributed by atoms with E-state index in [9.17, 15) is 17.1 Å². The van der Waals surface area contributed by atoms with Crippen molar-refractivity contribution in [2.75, 3.05) is 6.61 Å². The molecule has 0 atom stereocenters. The molecule has 0 bridgehead atoms. The number of nitrogens with zero attached hydrogens (tertiary/aromatic N) is 1. The van der Waals surface area contributed by atoms with E-state index in [4.69, 9.17) is 11.2 Å². The summed E-state index contributed by atoms with van der Waals surface area (Å²) in [6, 6.07) is 15.1. The molecule has 0 saturated heterocycles. The molecule has 1 saturated carbocycles. The topological polar surface area (TPSA) is 81.2 Å². The van der Waals surface area contributed by atoms with Gasteiger partial charge in [0.1, 0.15) is 11.4 Å². The van der Waals surface area contributed by atoms with Crippen LogP contribution in [-0.2, 0) is 10.2 Å². The van der Waals surface area contributed by atoms with Gasteiger partial charge >= 0.3 is 10.2 Å². The summed E-state index contributed by atoms with van der Waals surface area (Å²) in [6.45, 7) is 4.41. The molecule has 1 fully saturated rings. The van der Waals surface area contributed by atoms with Gasteiger partial charge in [-0.25, -0.2) is 0 Å². The highest BCUT2D eigenvalue weighted by atomic mass is 32.3. The first-order valence-corrected chi connectivity index (χ1v) is 13.9. The first-order valence-electron chi connectivity index (χ1n) is 12.5. The standard InChI is InChI=1S/C30H25FN2O4S/c1-4-18-8-11-22-25(12-18)32-30-28(22)29(34)24-15-27(37-16-17(2)3)23(14-26(24)33(30)20-9-10-20)19-6-5-7-21(13-19)38(31,35)36/h1,5-8,11-15,17,20,32H,9-10,16H2,2-3H3. The maximum atomic E-state index is 14.0. The zero-order valence-corrected chi connectivity index (χ0v) is 21.7. The highest BCUT2D eigenvalue weighted by Crippen LogP contribution is 2.43. The van der Waals surface area contributed by atoms with Crippen molar-refractivity contribution in [3.63, 3.8) is 0 Å². The van der Waals surface area contributed by atoms with Crippen LogP contribution in [0.1, 0.15) is 38.3 Å². The minimum Gasteiger partial charge on any atom is -0.493 e. The molecule has 2 aromatic heterocycles. The number of halogens is 1. The summed E-state index contributed by atoms with van der Waals surface area (Å²) in [7, 11) is -4.90. The number of hydrogen-bond acceptors (Lipinski definition) is 4. The van der Waals surface area contributed by atoms with E-state index in [0.717, 1.165) is 29.4 Å². The number of fused-ring (bicyclic) bond motifs is 4. The summed E-state index contributed by atoms with van der Waals surface area (Å²) < 4.78 is 45.4. The fourth-order valence-electron chi connectivity index (χ4n) is 5.02. The quantitative estimate of drug-likeness (QED) is 0.207. The van der Waals surface area contributed by atoms with Crippen LogP contribution < -0.4 is 10.2 Å². The Morgan fingerprint density at radius 1 is 1.13 bits per heavy atom. The Balaban J connectivity index is 1.71. The van der Waals surface area contributed by atoms with Gasteiger partial charge in [0.05, 0.1) is 27.8 Å². The van der Waals surface area contributed by atoms with E-state index < -0.39 is 15.1 Å². The lowest BCUT2D eigenvalue weighted by molar-refractivity contribution is 0.272. The van der Waals surface area contributed by atoms with Gasteiger partial charge in [-0.3, -0.25) is 4.79 Å². The van der Waals surface area contributed by atoms with Gasteiger partial charge in [-0.2, -0.15) is 8.42 Å². The van der Waals surface area contributed by atoms with Crippen LogP contribution in [0.25, 0.3) is 44.0 Å². The lowest BCUT2D eigenvalue weighted by Crippen LogP contribution is -2.12. The number of benzene rings is 3. The molecule has 192 valence electrons. The number of nitrogens with one attached hydrogen (secondary N) is 1. The highest BCUT2D eigenvalue weighted by Gasteiger charge is 2.29. The molecule has 3 aromatic carbocycles. The molecular formula is C30H25FN2O4S. The molecule has 0 radical (unpaired) electrons. The molecule has 8 heteroatoms. The van der Waals surface area contributed by atoms with E-state index >= 15 is 0 Å². The van der Waals surface area contributed by atoms with E-state index in [1.807, 2.05) is 38.1 Å². The van der Waals surface area contributed by atoms with Gasteiger partial charge in [0, 0.05) is 28.1 Å². The summed E-state index contributed by atoms with van der Waals surface area (Å²) in [5, 5.41) is 1.90. The molecule has 38 heavy (non-hydrogen) atoms. The number of aromatic amines is 1. The zero-order chi connectivity index (χ0) is 26.8. The van der Waals surface area contributed by atoms with Crippen LogP contribution in [-0.4, -0.2) is 24.6 Å². The number of ether oxygens (including phenoxy) is 1. The summed E-state index contributed by atoms with van der Waals surface area (Å²) in [4.78, 5) is 17.0. The molecule has 1 aliphatic carbocycles. The first-order chi connectivity index (χ1) is 18.2. The summed E-state index contributed by atoms with van der Waals surface area (Å²) >= 11 is 0. The summed E-state index contributed by atoms with van der Waals surface area (Å²) in [5.41, 5.74) is 3.86. The Morgan fingerprint density at radius 3 is 2.61 bits per heavy atom. The average molecular weight is 529 g/mol. The third kappa shape index (κ3) is 4.04. The Bertz CT molecular complexity index is 1980. The molecule has 0 amide bonds. The van der Waals surface area contributed by atoms with Crippen LogP contribution >= 0.6 is 0 Å². The predicted octanol–water partition coefficient (Wildman–Crippen LogP) is 6.31. The molecule has 6 rings (SSSR count). The minimum atomic E-state index is -4.90. The Hall–Kier alpha value is -4.09. The first kappa shape index (κ1) is 24.3. The summed E-state index contributed by atoms with van der Waals surface area (Å²) in [6.07, 6.45) is 7.54. The second kappa shape index (κ2) is 8.74. The van der Waals surface area contributed by atoms with Gasteiger partial charge in [0.25, 0.3) is 0 Å². The minimum absolute atomic E-state index is 0.132. The number of terminal acetylenes is 1. The van der Waals surface area contributed by atoms with Crippen molar-refractivity contribution < 1.29 is 17.0 Å². The van der Waals surface area contributed by atoms with Crippen molar-refractivity contribution in [2.45, 2.75) is 37.6 Å². The normalized spacial score (nSPS) is 14.0. The number of pyridine rings is 1. The SMILES string of the molecule is C#Cc1ccc2c(c1)[nH]c1c2c(=O)c2cc(OCC(C)C)c(-c3cccc(S(=O)(=O)F)c3)cc2n1C1CC1. The Morgan fingerprint density at radius 2 is 1.92 bits per heavy atom. The number of hydrogen-bond donors (Lipinski definition) is 1.